The molecule has 0 radical (unpaired) electrons. The second-order valence-corrected chi connectivity index (χ2v) is 8.14. The predicted octanol–water partition coefficient (Wildman–Crippen LogP) is 2.27. The molecule has 1 aliphatic heterocycles. The maximum atomic E-state index is 10.8. The van der Waals surface area contributed by atoms with Gasteiger partial charge in [-0.15, -0.1) is 0 Å². The molecule has 0 spiro atoms. The molecule has 2 aromatic rings. The summed E-state index contributed by atoms with van der Waals surface area (Å²) >= 11 is 0. The quantitative estimate of drug-likeness (QED) is 0.846. The summed E-state index contributed by atoms with van der Waals surface area (Å²) in [5.41, 5.74) is 1.43. The highest BCUT2D eigenvalue weighted by Crippen LogP contribution is 2.31. The molecule has 5 nitrogen and oxygen atoms in total. The lowest BCUT2D eigenvalue weighted by molar-refractivity contribution is 0.0539. The Bertz CT molecular complexity index is 693. The van der Waals surface area contributed by atoms with Gasteiger partial charge in [-0.25, -0.2) is 0 Å². The van der Waals surface area contributed by atoms with Gasteiger partial charge in [0.2, 0.25) is 0 Å². The van der Waals surface area contributed by atoms with Gasteiger partial charge in [0.25, 0.3) is 0 Å². The summed E-state index contributed by atoms with van der Waals surface area (Å²) < 4.78 is 1.73. The lowest BCUT2D eigenvalue weighted by atomic mass is 9.97. The standard InChI is InChI=1S/C20H30N4O/c1-19(2)10-18(14-24(19)12-16-8-6-5-7-9-16)21-15-20(3,25)17-11-22-23(4)13-17/h5-9,11,13,18,21,25H,10,12,14-15H2,1-4H3/t18-,20+/m0/s1. The van der Waals surface area contributed by atoms with Crippen molar-refractivity contribution in [2.24, 2.45) is 7.05 Å². The van der Waals surface area contributed by atoms with Gasteiger partial charge in [0.1, 0.15) is 5.60 Å². The van der Waals surface area contributed by atoms with Crippen LogP contribution in [0.15, 0.2) is 42.7 Å². The Labute approximate surface area is 150 Å². The van der Waals surface area contributed by atoms with Crippen molar-refractivity contribution >= 4 is 0 Å². The van der Waals surface area contributed by atoms with E-state index in [1.807, 2.05) is 20.2 Å². The number of aromatic nitrogens is 2. The molecular formula is C20H30N4O. The maximum absolute atomic E-state index is 10.8. The molecule has 0 unspecified atom stereocenters. The summed E-state index contributed by atoms with van der Waals surface area (Å²) in [6.45, 7) is 8.93. The number of hydrogen-bond acceptors (Lipinski definition) is 4. The highest BCUT2D eigenvalue weighted by molar-refractivity contribution is 5.16. The first kappa shape index (κ1) is 18.1. The number of nitrogens with zero attached hydrogens (tertiary/aromatic N) is 3. The van der Waals surface area contributed by atoms with Gasteiger partial charge in [0.05, 0.1) is 6.20 Å². The van der Waals surface area contributed by atoms with Gasteiger partial charge in [-0.2, -0.15) is 5.10 Å². The van der Waals surface area contributed by atoms with E-state index in [0.717, 1.165) is 25.1 Å². The summed E-state index contributed by atoms with van der Waals surface area (Å²) in [7, 11) is 1.87. The number of aliphatic hydroxyl groups is 1. The lowest BCUT2D eigenvalue weighted by Crippen LogP contribution is -2.41. The van der Waals surface area contributed by atoms with Crippen LogP contribution in [0.3, 0.4) is 0 Å². The van der Waals surface area contributed by atoms with Crippen LogP contribution in [0.25, 0.3) is 0 Å². The fourth-order valence-electron chi connectivity index (χ4n) is 3.67. The van der Waals surface area contributed by atoms with Crippen molar-refractivity contribution in [3.8, 4) is 0 Å². The molecule has 0 aliphatic carbocycles. The molecule has 2 atom stereocenters. The maximum Gasteiger partial charge on any atom is 0.102 e. The average Bonchev–Trinajstić information content (AvgIpc) is 3.11. The highest BCUT2D eigenvalue weighted by atomic mass is 16.3. The fraction of sp³-hybridized carbons (Fsp3) is 0.550. The first-order chi connectivity index (χ1) is 11.8. The molecule has 5 heteroatoms. The van der Waals surface area contributed by atoms with E-state index in [2.05, 4.69) is 59.5 Å². The van der Waals surface area contributed by atoms with E-state index in [1.165, 1.54) is 5.56 Å². The third kappa shape index (κ3) is 4.29. The average molecular weight is 342 g/mol. The molecular weight excluding hydrogens is 312 g/mol. The van der Waals surface area contributed by atoms with Crippen LogP contribution in [0.5, 0.6) is 0 Å². The molecule has 3 rings (SSSR count). The number of benzene rings is 1. The van der Waals surface area contributed by atoms with Crippen LogP contribution in [0.2, 0.25) is 0 Å². The van der Waals surface area contributed by atoms with Crippen LogP contribution in [0, 0.1) is 0 Å². The fourth-order valence-corrected chi connectivity index (χ4v) is 3.67. The molecule has 0 saturated carbocycles. The number of nitrogens with one attached hydrogen (secondary N) is 1. The Kier molecular flexibility index (Phi) is 5.00. The van der Waals surface area contributed by atoms with Gasteiger partial charge in [0.15, 0.2) is 0 Å². The summed E-state index contributed by atoms with van der Waals surface area (Å²) in [5, 5.41) is 18.5. The van der Waals surface area contributed by atoms with Crippen LogP contribution < -0.4 is 5.32 Å². The number of likely N-dealkylation sites (tertiary alicyclic amines) is 1. The topological polar surface area (TPSA) is 53.3 Å². The van der Waals surface area contributed by atoms with E-state index in [9.17, 15) is 5.11 Å². The van der Waals surface area contributed by atoms with E-state index < -0.39 is 5.60 Å². The zero-order valence-electron chi connectivity index (χ0n) is 15.7. The minimum atomic E-state index is -0.911. The minimum absolute atomic E-state index is 0.146. The van der Waals surface area contributed by atoms with Gasteiger partial charge in [-0.1, -0.05) is 30.3 Å². The summed E-state index contributed by atoms with van der Waals surface area (Å²) in [6, 6.07) is 11.0. The van der Waals surface area contributed by atoms with Crippen LogP contribution in [-0.4, -0.2) is 44.5 Å². The van der Waals surface area contributed by atoms with Crippen molar-refractivity contribution in [2.75, 3.05) is 13.1 Å². The Hall–Kier alpha value is -1.69. The van der Waals surface area contributed by atoms with Crippen molar-refractivity contribution in [3.63, 3.8) is 0 Å². The SMILES string of the molecule is Cn1cc([C@](C)(O)CN[C@@H]2CN(Cc3ccccc3)C(C)(C)C2)cn1. The van der Waals surface area contributed by atoms with Gasteiger partial charge in [-0.3, -0.25) is 9.58 Å². The largest absolute Gasteiger partial charge is 0.384 e. The molecule has 136 valence electrons. The van der Waals surface area contributed by atoms with Gasteiger partial charge in [0, 0.05) is 50.0 Å². The molecule has 1 aromatic heterocycles. The van der Waals surface area contributed by atoms with Gasteiger partial charge < -0.3 is 10.4 Å². The van der Waals surface area contributed by atoms with Gasteiger partial charge in [-0.05, 0) is 32.8 Å². The monoisotopic (exact) mass is 342 g/mol. The zero-order chi connectivity index (χ0) is 18.1. The van der Waals surface area contributed by atoms with E-state index >= 15 is 0 Å². The second kappa shape index (κ2) is 6.90. The van der Waals surface area contributed by atoms with E-state index in [0.29, 0.717) is 12.6 Å². The zero-order valence-corrected chi connectivity index (χ0v) is 15.7. The molecule has 1 aliphatic rings. The van der Waals surface area contributed by atoms with Crippen molar-refractivity contribution < 1.29 is 5.11 Å². The normalized spacial score (nSPS) is 22.8. The molecule has 0 bridgehead atoms. The molecule has 2 N–H and O–H groups in total. The minimum Gasteiger partial charge on any atom is -0.384 e. The lowest BCUT2D eigenvalue weighted by Gasteiger charge is -2.31. The molecule has 0 amide bonds. The van der Waals surface area contributed by atoms with Crippen LogP contribution in [0.4, 0.5) is 0 Å². The summed E-state index contributed by atoms with van der Waals surface area (Å²) in [5.74, 6) is 0. The Morgan fingerprint density at radius 3 is 2.68 bits per heavy atom. The third-order valence-corrected chi connectivity index (χ3v) is 5.32. The van der Waals surface area contributed by atoms with Crippen molar-refractivity contribution in [3.05, 3.63) is 53.9 Å². The van der Waals surface area contributed by atoms with Crippen LogP contribution >= 0.6 is 0 Å². The van der Waals surface area contributed by atoms with Crippen molar-refractivity contribution in [1.29, 1.82) is 0 Å². The third-order valence-electron chi connectivity index (χ3n) is 5.32. The Balaban J connectivity index is 1.59. The highest BCUT2D eigenvalue weighted by Gasteiger charge is 2.38. The molecule has 1 saturated heterocycles. The van der Waals surface area contributed by atoms with Crippen molar-refractivity contribution in [2.45, 2.75) is 50.9 Å². The molecule has 2 heterocycles. The van der Waals surface area contributed by atoms with E-state index in [-0.39, 0.29) is 5.54 Å². The summed E-state index contributed by atoms with van der Waals surface area (Å²) in [6.07, 6.45) is 4.69. The second-order valence-electron chi connectivity index (χ2n) is 8.14. The molecule has 1 aromatic carbocycles. The number of hydrogen-bond donors (Lipinski definition) is 2. The van der Waals surface area contributed by atoms with Crippen LogP contribution in [0.1, 0.15) is 38.3 Å². The molecule has 1 fully saturated rings. The number of aryl methyl sites for hydroxylation is 1. The number of rotatable bonds is 6. The smallest absolute Gasteiger partial charge is 0.102 e. The van der Waals surface area contributed by atoms with Crippen LogP contribution in [-0.2, 0) is 19.2 Å². The van der Waals surface area contributed by atoms with Crippen molar-refractivity contribution in [1.82, 2.24) is 20.0 Å². The first-order valence-electron chi connectivity index (χ1n) is 9.00. The molecule has 25 heavy (non-hydrogen) atoms. The van der Waals surface area contributed by atoms with Gasteiger partial charge >= 0.3 is 0 Å². The van der Waals surface area contributed by atoms with E-state index in [4.69, 9.17) is 0 Å². The first-order valence-corrected chi connectivity index (χ1v) is 9.00. The summed E-state index contributed by atoms with van der Waals surface area (Å²) in [4.78, 5) is 2.53. The van der Waals surface area contributed by atoms with E-state index in [1.54, 1.807) is 10.9 Å². The predicted molar refractivity (Wildman–Crippen MR) is 100 cm³/mol. The Morgan fingerprint density at radius 2 is 2.04 bits per heavy atom. The Morgan fingerprint density at radius 1 is 1.32 bits per heavy atom.